The summed E-state index contributed by atoms with van der Waals surface area (Å²) in [5.74, 6) is -0.190. The number of carbonyl (C=O) groups excluding carboxylic acids is 2. The maximum atomic E-state index is 12.4. The zero-order chi connectivity index (χ0) is 17.0. The van der Waals surface area contributed by atoms with Crippen LogP contribution >= 0.6 is 0 Å². The molecule has 1 amide bonds. The van der Waals surface area contributed by atoms with Crippen LogP contribution in [0.1, 0.15) is 43.5 Å². The van der Waals surface area contributed by atoms with Gasteiger partial charge in [-0.05, 0) is 45.2 Å². The van der Waals surface area contributed by atoms with E-state index >= 15 is 0 Å². The van der Waals surface area contributed by atoms with Crippen LogP contribution in [0.25, 0.3) is 0 Å². The molecule has 0 aromatic heterocycles. The van der Waals surface area contributed by atoms with Crippen LogP contribution < -0.4 is 4.74 Å². The number of likely N-dealkylation sites (tertiary alicyclic amines) is 1. The van der Waals surface area contributed by atoms with Crippen LogP contribution in [-0.2, 0) is 4.79 Å². The fraction of sp³-hybridized carbons (Fsp3) is 0.500. The van der Waals surface area contributed by atoms with Crippen molar-refractivity contribution in [3.05, 3.63) is 33.9 Å². The standard InChI is InChI=1S/C16H20N2O5/c1-11-4-3-5-12(2)17(11)16(20)10-23-15-7-6-13(9-19)8-14(15)18(21)22/h6-9,11-12H,3-5,10H2,1-2H3/t11-,12+. The van der Waals surface area contributed by atoms with Crippen molar-refractivity contribution in [2.75, 3.05) is 6.61 Å². The average Bonchev–Trinajstić information content (AvgIpc) is 2.52. The Morgan fingerprint density at radius 3 is 2.61 bits per heavy atom. The summed E-state index contributed by atoms with van der Waals surface area (Å²) in [6.45, 7) is 3.74. The maximum Gasteiger partial charge on any atom is 0.311 e. The SMILES string of the molecule is C[C@@H]1CCC[C@H](C)N1C(=O)COc1ccc(C=O)cc1[N+](=O)[O-]. The number of carbonyl (C=O) groups is 2. The minimum atomic E-state index is -0.626. The first-order valence-electron chi connectivity index (χ1n) is 7.61. The second-order valence-electron chi connectivity index (χ2n) is 5.82. The fourth-order valence-electron chi connectivity index (χ4n) is 3.00. The Morgan fingerprint density at radius 2 is 2.04 bits per heavy atom. The van der Waals surface area contributed by atoms with E-state index in [9.17, 15) is 19.7 Å². The third-order valence-corrected chi connectivity index (χ3v) is 4.15. The topological polar surface area (TPSA) is 89.8 Å². The van der Waals surface area contributed by atoms with E-state index in [4.69, 9.17) is 4.74 Å². The van der Waals surface area contributed by atoms with Crippen LogP contribution in [-0.4, -0.2) is 40.7 Å². The summed E-state index contributed by atoms with van der Waals surface area (Å²) in [5, 5.41) is 11.1. The molecule has 0 radical (unpaired) electrons. The molecule has 7 nitrogen and oxygen atoms in total. The number of hydrogen-bond donors (Lipinski definition) is 0. The van der Waals surface area contributed by atoms with Gasteiger partial charge in [0.1, 0.15) is 6.29 Å². The number of ether oxygens (including phenoxy) is 1. The molecule has 1 heterocycles. The summed E-state index contributed by atoms with van der Waals surface area (Å²) in [6.07, 6.45) is 3.51. The zero-order valence-corrected chi connectivity index (χ0v) is 13.2. The Hall–Kier alpha value is -2.44. The Morgan fingerprint density at radius 1 is 1.39 bits per heavy atom. The lowest BCUT2D eigenvalue weighted by atomic mass is 9.97. The average molecular weight is 320 g/mol. The summed E-state index contributed by atoms with van der Waals surface area (Å²) in [6, 6.07) is 4.19. The van der Waals surface area contributed by atoms with Crippen LogP contribution in [0.5, 0.6) is 5.75 Å². The molecule has 1 aliphatic heterocycles. The number of aldehydes is 1. The summed E-state index contributed by atoms with van der Waals surface area (Å²) < 4.78 is 5.36. The van der Waals surface area contributed by atoms with Gasteiger partial charge >= 0.3 is 5.69 Å². The first kappa shape index (κ1) is 16.9. The van der Waals surface area contributed by atoms with Gasteiger partial charge in [0.2, 0.25) is 0 Å². The fourth-order valence-corrected chi connectivity index (χ4v) is 3.00. The van der Waals surface area contributed by atoms with Gasteiger partial charge in [0.05, 0.1) is 4.92 Å². The van der Waals surface area contributed by atoms with Crippen LogP contribution in [0.2, 0.25) is 0 Å². The van der Waals surface area contributed by atoms with Gasteiger partial charge in [0.25, 0.3) is 5.91 Å². The van der Waals surface area contributed by atoms with Crippen LogP contribution in [0.15, 0.2) is 18.2 Å². The molecule has 1 aliphatic rings. The monoisotopic (exact) mass is 320 g/mol. The van der Waals surface area contributed by atoms with Gasteiger partial charge in [-0.25, -0.2) is 0 Å². The molecule has 1 aromatic carbocycles. The summed E-state index contributed by atoms with van der Waals surface area (Å²) in [5.41, 5.74) is -0.129. The number of nitrogens with zero attached hydrogens (tertiary/aromatic N) is 2. The highest BCUT2D eigenvalue weighted by atomic mass is 16.6. The number of nitro benzene ring substituents is 1. The second kappa shape index (κ2) is 7.21. The molecule has 1 saturated heterocycles. The Bertz CT molecular complexity index is 606. The van der Waals surface area contributed by atoms with E-state index in [2.05, 4.69) is 0 Å². The maximum absolute atomic E-state index is 12.4. The molecule has 0 aliphatic carbocycles. The molecule has 23 heavy (non-hydrogen) atoms. The van der Waals surface area contributed by atoms with Gasteiger partial charge < -0.3 is 9.64 Å². The molecule has 2 rings (SSSR count). The van der Waals surface area contributed by atoms with Crippen LogP contribution in [0.3, 0.4) is 0 Å². The van der Waals surface area contributed by atoms with Crippen molar-refractivity contribution < 1.29 is 19.2 Å². The lowest BCUT2D eigenvalue weighted by molar-refractivity contribution is -0.385. The molecule has 2 atom stereocenters. The molecular formula is C16H20N2O5. The minimum absolute atomic E-state index is 0.00809. The van der Waals surface area contributed by atoms with E-state index in [1.165, 1.54) is 12.1 Å². The van der Waals surface area contributed by atoms with Crippen molar-refractivity contribution >= 4 is 17.9 Å². The van der Waals surface area contributed by atoms with E-state index in [-0.39, 0.29) is 41.6 Å². The second-order valence-corrected chi connectivity index (χ2v) is 5.82. The molecule has 124 valence electrons. The van der Waals surface area contributed by atoms with Crippen molar-refractivity contribution in [3.8, 4) is 5.75 Å². The third kappa shape index (κ3) is 3.85. The van der Waals surface area contributed by atoms with Crippen molar-refractivity contribution in [2.45, 2.75) is 45.2 Å². The molecule has 7 heteroatoms. The predicted octanol–water partition coefficient (Wildman–Crippen LogP) is 2.58. The number of nitro groups is 1. The minimum Gasteiger partial charge on any atom is -0.477 e. The Labute approximate surface area is 134 Å². The van der Waals surface area contributed by atoms with Gasteiger partial charge in [0.15, 0.2) is 12.4 Å². The van der Waals surface area contributed by atoms with E-state index in [1.54, 1.807) is 4.90 Å². The summed E-state index contributed by atoms with van der Waals surface area (Å²) in [7, 11) is 0. The number of piperidine rings is 1. The molecule has 1 fully saturated rings. The molecular weight excluding hydrogens is 300 g/mol. The molecule has 0 bridgehead atoms. The van der Waals surface area contributed by atoms with E-state index < -0.39 is 4.92 Å². The molecule has 0 spiro atoms. The Balaban J connectivity index is 2.09. The van der Waals surface area contributed by atoms with Crippen LogP contribution in [0.4, 0.5) is 5.69 Å². The van der Waals surface area contributed by atoms with E-state index in [0.29, 0.717) is 6.29 Å². The highest BCUT2D eigenvalue weighted by Gasteiger charge is 2.29. The first-order chi connectivity index (χ1) is 10.9. The molecule has 0 unspecified atom stereocenters. The highest BCUT2D eigenvalue weighted by Crippen LogP contribution is 2.28. The normalized spacial score (nSPS) is 20.9. The number of benzene rings is 1. The number of rotatable bonds is 5. The van der Waals surface area contributed by atoms with Crippen molar-refractivity contribution in [2.24, 2.45) is 0 Å². The Kier molecular flexibility index (Phi) is 5.31. The van der Waals surface area contributed by atoms with Crippen LogP contribution in [0, 0.1) is 10.1 Å². The molecule has 0 saturated carbocycles. The van der Waals surface area contributed by atoms with Crippen molar-refractivity contribution in [3.63, 3.8) is 0 Å². The third-order valence-electron chi connectivity index (χ3n) is 4.15. The summed E-state index contributed by atoms with van der Waals surface area (Å²) in [4.78, 5) is 35.3. The first-order valence-corrected chi connectivity index (χ1v) is 7.61. The number of amides is 1. The predicted molar refractivity (Wildman–Crippen MR) is 83.6 cm³/mol. The van der Waals surface area contributed by atoms with Gasteiger partial charge in [-0.2, -0.15) is 0 Å². The van der Waals surface area contributed by atoms with Crippen molar-refractivity contribution in [1.82, 2.24) is 4.90 Å². The lowest BCUT2D eigenvalue weighted by Gasteiger charge is -2.38. The highest BCUT2D eigenvalue weighted by molar-refractivity contribution is 5.79. The quantitative estimate of drug-likeness (QED) is 0.472. The smallest absolute Gasteiger partial charge is 0.311 e. The zero-order valence-electron chi connectivity index (χ0n) is 13.2. The van der Waals surface area contributed by atoms with Gasteiger partial charge in [-0.3, -0.25) is 19.7 Å². The lowest BCUT2D eigenvalue weighted by Crippen LogP contribution is -2.49. The van der Waals surface area contributed by atoms with E-state index in [1.807, 2.05) is 13.8 Å². The van der Waals surface area contributed by atoms with E-state index in [0.717, 1.165) is 25.3 Å². The molecule has 0 N–H and O–H groups in total. The largest absolute Gasteiger partial charge is 0.477 e. The van der Waals surface area contributed by atoms with Gasteiger partial charge in [0, 0.05) is 23.7 Å². The summed E-state index contributed by atoms with van der Waals surface area (Å²) >= 11 is 0. The van der Waals surface area contributed by atoms with Gasteiger partial charge in [-0.1, -0.05) is 0 Å². The van der Waals surface area contributed by atoms with Crippen molar-refractivity contribution in [1.29, 1.82) is 0 Å². The number of hydrogen-bond acceptors (Lipinski definition) is 5. The van der Waals surface area contributed by atoms with Gasteiger partial charge in [-0.15, -0.1) is 0 Å². The molecule has 1 aromatic rings.